The number of aromatic nitrogens is 1. The van der Waals surface area contributed by atoms with E-state index in [0.29, 0.717) is 5.88 Å². The maximum absolute atomic E-state index is 5.94. The monoisotopic (exact) mass is 264 g/mol. The minimum Gasteiger partial charge on any atom is -0.439 e. The van der Waals surface area contributed by atoms with Gasteiger partial charge in [0, 0.05) is 17.8 Å². The lowest BCUT2D eigenvalue weighted by atomic mass is 10.1. The zero-order chi connectivity index (χ0) is 13.9. The van der Waals surface area contributed by atoms with Crippen LogP contribution in [-0.2, 0) is 0 Å². The summed E-state index contributed by atoms with van der Waals surface area (Å²) in [5, 5.41) is 2.33. The fraction of sp³-hybridized carbons (Fsp3) is 0.118. The van der Waals surface area contributed by atoms with Crippen LogP contribution >= 0.6 is 0 Å². The lowest BCUT2D eigenvalue weighted by Crippen LogP contribution is -2.07. The summed E-state index contributed by atoms with van der Waals surface area (Å²) in [5.41, 5.74) is 6.84. The van der Waals surface area contributed by atoms with Crippen molar-refractivity contribution in [3.63, 3.8) is 0 Å². The van der Waals surface area contributed by atoms with Gasteiger partial charge in [0.2, 0.25) is 5.88 Å². The summed E-state index contributed by atoms with van der Waals surface area (Å²) in [6.07, 6.45) is 1.71. The average molecular weight is 264 g/mol. The maximum atomic E-state index is 5.94. The van der Waals surface area contributed by atoms with Crippen LogP contribution in [0.4, 0.5) is 0 Å². The van der Waals surface area contributed by atoms with E-state index in [-0.39, 0.29) is 6.04 Å². The highest BCUT2D eigenvalue weighted by Gasteiger charge is 2.09. The molecule has 0 aliphatic carbocycles. The number of fused-ring (bicyclic) bond motifs is 1. The smallest absolute Gasteiger partial charge is 0.223 e. The number of pyridine rings is 1. The van der Waals surface area contributed by atoms with Crippen LogP contribution in [0, 0.1) is 0 Å². The topological polar surface area (TPSA) is 48.1 Å². The molecule has 0 bridgehead atoms. The highest BCUT2D eigenvalue weighted by molar-refractivity contribution is 5.83. The third-order valence-corrected chi connectivity index (χ3v) is 3.23. The molecule has 0 fully saturated rings. The lowest BCUT2D eigenvalue weighted by Gasteiger charge is -2.12. The molecule has 0 aliphatic heterocycles. The van der Waals surface area contributed by atoms with Gasteiger partial charge in [-0.25, -0.2) is 4.98 Å². The van der Waals surface area contributed by atoms with E-state index in [9.17, 15) is 0 Å². The highest BCUT2D eigenvalue weighted by Crippen LogP contribution is 2.28. The van der Waals surface area contributed by atoms with Crippen molar-refractivity contribution in [2.75, 3.05) is 0 Å². The molecule has 100 valence electrons. The molecule has 0 radical (unpaired) electrons. The number of nitrogens with zero attached hydrogens (tertiary/aromatic N) is 1. The van der Waals surface area contributed by atoms with E-state index in [2.05, 4.69) is 17.1 Å². The van der Waals surface area contributed by atoms with Gasteiger partial charge in [-0.2, -0.15) is 0 Å². The van der Waals surface area contributed by atoms with Gasteiger partial charge < -0.3 is 10.5 Å². The van der Waals surface area contributed by atoms with E-state index in [1.165, 1.54) is 5.39 Å². The third-order valence-electron chi connectivity index (χ3n) is 3.23. The highest BCUT2D eigenvalue weighted by atomic mass is 16.5. The number of ether oxygens (including phenoxy) is 1. The lowest BCUT2D eigenvalue weighted by molar-refractivity contribution is 0.453. The normalized spacial score (nSPS) is 12.3. The van der Waals surface area contributed by atoms with Crippen molar-refractivity contribution in [3.05, 3.63) is 66.4 Å². The average Bonchev–Trinajstić information content (AvgIpc) is 2.47. The van der Waals surface area contributed by atoms with Crippen molar-refractivity contribution in [2.24, 2.45) is 5.73 Å². The molecule has 0 aliphatic rings. The Bertz CT molecular complexity index is 738. The van der Waals surface area contributed by atoms with Gasteiger partial charge in [-0.1, -0.05) is 36.4 Å². The molecule has 1 atom stereocenters. The number of benzene rings is 2. The zero-order valence-corrected chi connectivity index (χ0v) is 11.3. The van der Waals surface area contributed by atoms with Gasteiger partial charge in [0.1, 0.15) is 5.75 Å². The van der Waals surface area contributed by atoms with Gasteiger partial charge >= 0.3 is 0 Å². The van der Waals surface area contributed by atoms with Crippen LogP contribution in [-0.4, -0.2) is 4.98 Å². The number of hydrogen-bond donors (Lipinski definition) is 1. The number of nitrogens with two attached hydrogens (primary N) is 1. The molecule has 3 heteroatoms. The first-order chi connectivity index (χ1) is 9.74. The summed E-state index contributed by atoms with van der Waals surface area (Å²) in [5.74, 6) is 1.34. The fourth-order valence-electron chi connectivity index (χ4n) is 2.18. The Morgan fingerprint density at radius 3 is 2.60 bits per heavy atom. The van der Waals surface area contributed by atoms with Crippen LogP contribution < -0.4 is 10.5 Å². The third kappa shape index (κ3) is 2.49. The summed E-state index contributed by atoms with van der Waals surface area (Å²) in [4.78, 5) is 4.27. The predicted octanol–water partition coefficient (Wildman–Crippen LogP) is 4.05. The summed E-state index contributed by atoms with van der Waals surface area (Å²) in [7, 11) is 0. The van der Waals surface area contributed by atoms with Gasteiger partial charge in [-0.15, -0.1) is 0 Å². The molecular weight excluding hydrogens is 248 g/mol. The summed E-state index contributed by atoms with van der Waals surface area (Å²) in [6.45, 7) is 1.92. The van der Waals surface area contributed by atoms with Gasteiger partial charge in [-0.3, -0.25) is 0 Å². The Morgan fingerprint density at radius 1 is 1.00 bits per heavy atom. The second-order valence-corrected chi connectivity index (χ2v) is 4.80. The van der Waals surface area contributed by atoms with Crippen LogP contribution in [0.1, 0.15) is 18.5 Å². The van der Waals surface area contributed by atoms with E-state index in [4.69, 9.17) is 10.5 Å². The first kappa shape index (κ1) is 12.6. The van der Waals surface area contributed by atoms with Crippen molar-refractivity contribution in [1.29, 1.82) is 0 Å². The van der Waals surface area contributed by atoms with Crippen molar-refractivity contribution < 1.29 is 4.74 Å². The largest absolute Gasteiger partial charge is 0.439 e. The second-order valence-electron chi connectivity index (χ2n) is 4.80. The maximum Gasteiger partial charge on any atom is 0.223 e. The fourth-order valence-corrected chi connectivity index (χ4v) is 2.18. The van der Waals surface area contributed by atoms with E-state index in [1.54, 1.807) is 6.20 Å². The molecule has 3 rings (SSSR count). The Labute approximate surface area is 118 Å². The van der Waals surface area contributed by atoms with Crippen LogP contribution in [0.2, 0.25) is 0 Å². The molecule has 1 aromatic heterocycles. The minimum atomic E-state index is -0.112. The SMILES string of the molecule is CC(N)c1cccnc1Oc1ccc2ccccc2c1. The quantitative estimate of drug-likeness (QED) is 0.776. The standard InChI is InChI=1S/C17H16N2O/c1-12(18)16-7-4-10-19-17(16)20-15-9-8-13-5-2-3-6-14(13)11-15/h2-12H,18H2,1H3. The molecule has 3 aromatic rings. The minimum absolute atomic E-state index is 0.112. The number of rotatable bonds is 3. The molecule has 2 aromatic carbocycles. The van der Waals surface area contributed by atoms with Crippen molar-refractivity contribution >= 4 is 10.8 Å². The Balaban J connectivity index is 1.97. The second kappa shape index (κ2) is 5.31. The van der Waals surface area contributed by atoms with E-state index >= 15 is 0 Å². The molecule has 0 spiro atoms. The molecule has 0 amide bonds. The van der Waals surface area contributed by atoms with Gasteiger partial charge in [0.15, 0.2) is 0 Å². The molecule has 0 saturated heterocycles. The summed E-state index contributed by atoms with van der Waals surface area (Å²) in [6, 6.07) is 17.9. The molecular formula is C17H16N2O. The van der Waals surface area contributed by atoms with Crippen LogP contribution in [0.15, 0.2) is 60.8 Å². The molecule has 1 heterocycles. The van der Waals surface area contributed by atoms with Crippen molar-refractivity contribution in [1.82, 2.24) is 4.98 Å². The Morgan fingerprint density at radius 2 is 1.80 bits per heavy atom. The first-order valence-corrected chi connectivity index (χ1v) is 6.61. The first-order valence-electron chi connectivity index (χ1n) is 6.61. The molecule has 20 heavy (non-hydrogen) atoms. The van der Waals surface area contributed by atoms with Gasteiger partial charge in [0.05, 0.1) is 0 Å². The van der Waals surface area contributed by atoms with E-state index in [0.717, 1.165) is 16.7 Å². The summed E-state index contributed by atoms with van der Waals surface area (Å²) < 4.78 is 5.89. The van der Waals surface area contributed by atoms with Crippen molar-refractivity contribution in [3.8, 4) is 11.6 Å². The van der Waals surface area contributed by atoms with Gasteiger partial charge in [-0.05, 0) is 35.9 Å². The Hall–Kier alpha value is -2.39. The predicted molar refractivity (Wildman–Crippen MR) is 80.9 cm³/mol. The van der Waals surface area contributed by atoms with Crippen molar-refractivity contribution in [2.45, 2.75) is 13.0 Å². The van der Waals surface area contributed by atoms with Gasteiger partial charge in [0.25, 0.3) is 0 Å². The van der Waals surface area contributed by atoms with Crippen LogP contribution in [0.3, 0.4) is 0 Å². The molecule has 1 unspecified atom stereocenters. The summed E-state index contributed by atoms with van der Waals surface area (Å²) >= 11 is 0. The molecule has 3 nitrogen and oxygen atoms in total. The molecule has 2 N–H and O–H groups in total. The van der Waals surface area contributed by atoms with Crippen LogP contribution in [0.5, 0.6) is 11.6 Å². The van der Waals surface area contributed by atoms with Crippen LogP contribution in [0.25, 0.3) is 10.8 Å². The number of hydrogen-bond acceptors (Lipinski definition) is 3. The van der Waals surface area contributed by atoms with E-state index < -0.39 is 0 Å². The zero-order valence-electron chi connectivity index (χ0n) is 11.3. The molecule has 0 saturated carbocycles. The van der Waals surface area contributed by atoms with E-state index in [1.807, 2.05) is 49.4 Å². The Kier molecular flexibility index (Phi) is 3.35.